The summed E-state index contributed by atoms with van der Waals surface area (Å²) >= 11 is 1.42. The van der Waals surface area contributed by atoms with Crippen LogP contribution in [0.15, 0.2) is 16.0 Å². The fraction of sp³-hybridized carbons (Fsp3) is 0.625. The number of thiazole rings is 1. The van der Waals surface area contributed by atoms with E-state index in [1.54, 1.807) is 6.20 Å². The predicted octanol–water partition coefficient (Wildman–Crippen LogP) is 2.96. The lowest BCUT2D eigenvalue weighted by Crippen LogP contribution is -2.39. The van der Waals surface area contributed by atoms with Crippen molar-refractivity contribution in [2.75, 3.05) is 18.4 Å². The van der Waals surface area contributed by atoms with Crippen LogP contribution >= 0.6 is 11.3 Å². The van der Waals surface area contributed by atoms with Crippen molar-refractivity contribution < 1.29 is 9.21 Å². The van der Waals surface area contributed by atoms with E-state index in [1.807, 2.05) is 5.38 Å². The number of carbonyl (C=O) groups is 1. The number of nitrogens with zero attached hydrogens (tertiary/aromatic N) is 4. The molecule has 1 aliphatic carbocycles. The highest BCUT2D eigenvalue weighted by Crippen LogP contribution is 2.37. The Morgan fingerprint density at radius 3 is 2.88 bits per heavy atom. The highest BCUT2D eigenvalue weighted by molar-refractivity contribution is 7.13. The van der Waals surface area contributed by atoms with Crippen LogP contribution in [0.3, 0.4) is 0 Å². The Morgan fingerprint density at radius 1 is 1.25 bits per heavy atom. The van der Waals surface area contributed by atoms with E-state index in [9.17, 15) is 4.79 Å². The van der Waals surface area contributed by atoms with Gasteiger partial charge in [0.2, 0.25) is 17.7 Å². The van der Waals surface area contributed by atoms with Gasteiger partial charge >= 0.3 is 0 Å². The SMILES string of the molecule is O=C(CN1CCCCC1c1nnc(C2CCC2)o1)Nc1nccs1. The second-order valence-corrected chi connectivity index (χ2v) is 7.37. The molecule has 0 radical (unpaired) electrons. The quantitative estimate of drug-likeness (QED) is 0.895. The van der Waals surface area contributed by atoms with Gasteiger partial charge in [0.15, 0.2) is 5.13 Å². The summed E-state index contributed by atoms with van der Waals surface area (Å²) in [6.07, 6.45) is 8.38. The van der Waals surface area contributed by atoms with Crippen molar-refractivity contribution in [3.05, 3.63) is 23.4 Å². The lowest BCUT2D eigenvalue weighted by atomic mass is 9.85. The van der Waals surface area contributed by atoms with Gasteiger partial charge in [-0.05, 0) is 32.2 Å². The Bertz CT molecular complexity index is 682. The fourth-order valence-electron chi connectivity index (χ4n) is 3.29. The maximum Gasteiger partial charge on any atom is 0.240 e. The van der Waals surface area contributed by atoms with Crippen molar-refractivity contribution in [2.45, 2.75) is 50.5 Å². The van der Waals surface area contributed by atoms with Crippen molar-refractivity contribution in [3.8, 4) is 0 Å². The Labute approximate surface area is 144 Å². The van der Waals surface area contributed by atoms with Crippen LogP contribution in [0.5, 0.6) is 0 Å². The first-order valence-electron chi connectivity index (χ1n) is 8.56. The molecule has 7 nitrogen and oxygen atoms in total. The van der Waals surface area contributed by atoms with Gasteiger partial charge in [-0.2, -0.15) is 0 Å². The Morgan fingerprint density at radius 2 is 2.12 bits per heavy atom. The molecule has 8 heteroatoms. The first-order chi connectivity index (χ1) is 11.8. The summed E-state index contributed by atoms with van der Waals surface area (Å²) in [4.78, 5) is 18.5. The smallest absolute Gasteiger partial charge is 0.240 e. The Balaban J connectivity index is 1.42. The average molecular weight is 347 g/mol. The van der Waals surface area contributed by atoms with E-state index in [1.165, 1.54) is 17.8 Å². The van der Waals surface area contributed by atoms with Gasteiger partial charge in [0.05, 0.1) is 12.6 Å². The van der Waals surface area contributed by atoms with Crippen LogP contribution in [0.2, 0.25) is 0 Å². The van der Waals surface area contributed by atoms with E-state index >= 15 is 0 Å². The van der Waals surface area contributed by atoms with E-state index in [2.05, 4.69) is 25.4 Å². The molecular weight excluding hydrogens is 326 g/mol. The van der Waals surface area contributed by atoms with Crippen LogP contribution < -0.4 is 5.32 Å². The van der Waals surface area contributed by atoms with E-state index in [-0.39, 0.29) is 11.9 Å². The molecule has 1 saturated carbocycles. The van der Waals surface area contributed by atoms with Gasteiger partial charge in [0.1, 0.15) is 0 Å². The van der Waals surface area contributed by atoms with Gasteiger partial charge < -0.3 is 9.73 Å². The summed E-state index contributed by atoms with van der Waals surface area (Å²) in [6.45, 7) is 1.20. The van der Waals surface area contributed by atoms with Gasteiger partial charge in [-0.25, -0.2) is 4.98 Å². The first-order valence-corrected chi connectivity index (χ1v) is 9.44. The number of hydrogen-bond donors (Lipinski definition) is 1. The molecule has 2 fully saturated rings. The number of nitrogens with one attached hydrogen (secondary N) is 1. The van der Waals surface area contributed by atoms with E-state index in [4.69, 9.17) is 4.42 Å². The molecular formula is C16H21N5O2S. The van der Waals surface area contributed by atoms with Crippen LogP contribution in [-0.4, -0.2) is 39.1 Å². The van der Waals surface area contributed by atoms with Crippen LogP contribution in [0.4, 0.5) is 5.13 Å². The summed E-state index contributed by atoms with van der Waals surface area (Å²) < 4.78 is 5.94. The molecule has 1 amide bonds. The van der Waals surface area contributed by atoms with Crippen molar-refractivity contribution >= 4 is 22.4 Å². The number of aromatic nitrogens is 3. The van der Waals surface area contributed by atoms with Crippen molar-refractivity contribution in [1.29, 1.82) is 0 Å². The topological polar surface area (TPSA) is 84.2 Å². The molecule has 1 N–H and O–H groups in total. The molecule has 3 heterocycles. The molecule has 24 heavy (non-hydrogen) atoms. The lowest BCUT2D eigenvalue weighted by molar-refractivity contribution is -0.118. The van der Waals surface area contributed by atoms with Gasteiger partial charge in [-0.3, -0.25) is 9.69 Å². The molecule has 2 aliphatic rings. The summed E-state index contributed by atoms with van der Waals surface area (Å²) in [5, 5.41) is 13.8. The van der Waals surface area contributed by atoms with E-state index in [0.717, 1.165) is 44.5 Å². The Kier molecular flexibility index (Phi) is 4.57. The zero-order valence-corrected chi connectivity index (χ0v) is 14.3. The van der Waals surface area contributed by atoms with E-state index in [0.29, 0.717) is 23.5 Å². The van der Waals surface area contributed by atoms with Gasteiger partial charge in [-0.1, -0.05) is 12.8 Å². The minimum absolute atomic E-state index is 0.0436. The monoisotopic (exact) mass is 347 g/mol. The molecule has 0 spiro atoms. The van der Waals surface area contributed by atoms with Crippen LogP contribution in [-0.2, 0) is 4.79 Å². The third-order valence-electron chi connectivity index (χ3n) is 4.83. The molecule has 1 saturated heterocycles. The summed E-state index contributed by atoms with van der Waals surface area (Å²) in [6, 6.07) is 0.0436. The largest absolute Gasteiger partial charge is 0.423 e. The zero-order valence-electron chi connectivity index (χ0n) is 13.5. The highest BCUT2D eigenvalue weighted by Gasteiger charge is 2.32. The molecule has 4 rings (SSSR count). The second-order valence-electron chi connectivity index (χ2n) is 6.47. The summed E-state index contributed by atoms with van der Waals surface area (Å²) in [7, 11) is 0. The lowest BCUT2D eigenvalue weighted by Gasteiger charge is -2.32. The van der Waals surface area contributed by atoms with Crippen LogP contribution in [0.25, 0.3) is 0 Å². The third-order valence-corrected chi connectivity index (χ3v) is 5.52. The number of anilines is 1. The van der Waals surface area contributed by atoms with Gasteiger partial charge in [0.25, 0.3) is 0 Å². The molecule has 0 aromatic carbocycles. The summed E-state index contributed by atoms with van der Waals surface area (Å²) in [5.74, 6) is 1.83. The minimum atomic E-state index is -0.0458. The normalized spacial score (nSPS) is 22.2. The zero-order chi connectivity index (χ0) is 16.4. The molecule has 2 aromatic rings. The molecule has 1 aliphatic heterocycles. The molecule has 2 aromatic heterocycles. The summed E-state index contributed by atoms with van der Waals surface area (Å²) in [5.41, 5.74) is 0. The molecule has 128 valence electrons. The Hall–Kier alpha value is -1.80. The van der Waals surface area contributed by atoms with Crippen LogP contribution in [0, 0.1) is 0 Å². The highest BCUT2D eigenvalue weighted by atomic mass is 32.1. The molecule has 1 atom stereocenters. The number of piperidine rings is 1. The van der Waals surface area contributed by atoms with Crippen LogP contribution in [0.1, 0.15) is 62.3 Å². The van der Waals surface area contributed by atoms with Gasteiger partial charge in [0, 0.05) is 17.5 Å². The number of amides is 1. The van der Waals surface area contributed by atoms with Gasteiger partial charge in [-0.15, -0.1) is 21.5 Å². The standard InChI is InChI=1S/C16H21N5O2S/c22-13(18-16-17-7-9-24-16)10-21-8-2-1-6-12(21)15-20-19-14(23-15)11-4-3-5-11/h7,9,11-12H,1-6,8,10H2,(H,17,18,22). The number of likely N-dealkylation sites (tertiary alicyclic amines) is 1. The second kappa shape index (κ2) is 6.98. The maximum atomic E-state index is 12.3. The fourth-order valence-corrected chi connectivity index (χ4v) is 3.83. The number of rotatable bonds is 5. The van der Waals surface area contributed by atoms with Crippen molar-refractivity contribution in [1.82, 2.24) is 20.1 Å². The minimum Gasteiger partial charge on any atom is -0.423 e. The number of hydrogen-bond acceptors (Lipinski definition) is 7. The predicted molar refractivity (Wildman–Crippen MR) is 89.8 cm³/mol. The molecule has 0 bridgehead atoms. The van der Waals surface area contributed by atoms with Crippen molar-refractivity contribution in [2.24, 2.45) is 0 Å². The van der Waals surface area contributed by atoms with E-state index < -0.39 is 0 Å². The first kappa shape index (κ1) is 15.7. The number of carbonyl (C=O) groups excluding carboxylic acids is 1. The molecule has 1 unspecified atom stereocenters. The average Bonchev–Trinajstić information content (AvgIpc) is 3.18. The maximum absolute atomic E-state index is 12.3. The van der Waals surface area contributed by atoms with Crippen molar-refractivity contribution in [3.63, 3.8) is 0 Å². The third kappa shape index (κ3) is 3.34.